The first-order valence-electron chi connectivity index (χ1n) is 5.50. The summed E-state index contributed by atoms with van der Waals surface area (Å²) in [6.45, 7) is 3.51. The van der Waals surface area contributed by atoms with Gasteiger partial charge in [0, 0.05) is 12.1 Å². The Morgan fingerprint density at radius 3 is 2.82 bits per heavy atom. The van der Waals surface area contributed by atoms with Gasteiger partial charge in [-0.3, -0.25) is 4.79 Å². The van der Waals surface area contributed by atoms with Crippen LogP contribution in [0.25, 0.3) is 0 Å². The molecule has 5 heteroatoms. The van der Waals surface area contributed by atoms with E-state index in [9.17, 15) is 15.0 Å². The number of morpholine rings is 1. The fourth-order valence-electron chi connectivity index (χ4n) is 1.85. The molecule has 92 valence electrons. The first kappa shape index (κ1) is 11.7. The Hall–Kier alpha value is -1.75. The summed E-state index contributed by atoms with van der Waals surface area (Å²) < 4.78 is 5.26. The first-order chi connectivity index (χ1) is 8.09. The van der Waals surface area contributed by atoms with E-state index in [0.29, 0.717) is 25.3 Å². The first-order valence-corrected chi connectivity index (χ1v) is 5.50. The summed E-state index contributed by atoms with van der Waals surface area (Å²) in [5.74, 6) is -0.663. The average Bonchev–Trinajstić information content (AvgIpc) is 2.32. The van der Waals surface area contributed by atoms with Crippen LogP contribution in [0.1, 0.15) is 17.3 Å². The number of carbonyl (C=O) groups excluding carboxylic acids is 1. The van der Waals surface area contributed by atoms with Crippen LogP contribution in [0, 0.1) is 0 Å². The Bertz CT molecular complexity index is 433. The molecule has 0 spiro atoms. The van der Waals surface area contributed by atoms with Gasteiger partial charge in [0.05, 0.1) is 19.3 Å². The van der Waals surface area contributed by atoms with Gasteiger partial charge in [-0.05, 0) is 25.1 Å². The van der Waals surface area contributed by atoms with Gasteiger partial charge in [0.25, 0.3) is 5.91 Å². The Morgan fingerprint density at radius 2 is 2.18 bits per heavy atom. The number of amides is 1. The monoisotopic (exact) mass is 237 g/mol. The molecule has 1 aromatic carbocycles. The van der Waals surface area contributed by atoms with Gasteiger partial charge >= 0.3 is 0 Å². The third kappa shape index (κ3) is 2.34. The molecule has 0 bridgehead atoms. The molecule has 2 N–H and O–H groups in total. The van der Waals surface area contributed by atoms with Crippen LogP contribution in [0.4, 0.5) is 0 Å². The van der Waals surface area contributed by atoms with Gasteiger partial charge in [-0.15, -0.1) is 0 Å². The fourth-order valence-corrected chi connectivity index (χ4v) is 1.85. The average molecular weight is 237 g/mol. The molecular weight excluding hydrogens is 222 g/mol. The minimum absolute atomic E-state index is 0.0206. The van der Waals surface area contributed by atoms with Crippen LogP contribution in [0.5, 0.6) is 11.5 Å². The molecule has 0 radical (unpaired) electrons. The highest BCUT2D eigenvalue weighted by Gasteiger charge is 2.25. The number of rotatable bonds is 1. The highest BCUT2D eigenvalue weighted by atomic mass is 16.5. The minimum Gasteiger partial charge on any atom is -0.504 e. The van der Waals surface area contributed by atoms with Gasteiger partial charge in [-0.1, -0.05) is 0 Å². The summed E-state index contributed by atoms with van der Waals surface area (Å²) >= 11 is 0. The molecule has 17 heavy (non-hydrogen) atoms. The number of benzene rings is 1. The maximum atomic E-state index is 12.2. The summed E-state index contributed by atoms with van der Waals surface area (Å²) in [4.78, 5) is 13.9. The van der Waals surface area contributed by atoms with Crippen LogP contribution in [-0.4, -0.2) is 46.8 Å². The summed E-state index contributed by atoms with van der Waals surface area (Å²) in [6.07, 6.45) is 0. The van der Waals surface area contributed by atoms with Crippen molar-refractivity contribution in [1.29, 1.82) is 0 Å². The van der Waals surface area contributed by atoms with Crippen LogP contribution in [0.2, 0.25) is 0 Å². The second kappa shape index (κ2) is 4.63. The third-order valence-electron chi connectivity index (χ3n) is 2.85. The Morgan fingerprint density at radius 1 is 1.41 bits per heavy atom. The van der Waals surface area contributed by atoms with Crippen molar-refractivity contribution in [3.63, 3.8) is 0 Å². The third-order valence-corrected chi connectivity index (χ3v) is 2.85. The van der Waals surface area contributed by atoms with E-state index >= 15 is 0 Å². The molecule has 5 nitrogen and oxygen atoms in total. The lowest BCUT2D eigenvalue weighted by Gasteiger charge is -2.33. The zero-order valence-corrected chi connectivity index (χ0v) is 9.59. The molecule has 1 aliphatic rings. The normalized spacial score (nSPS) is 20.3. The quantitative estimate of drug-likeness (QED) is 0.714. The van der Waals surface area contributed by atoms with Gasteiger partial charge in [0.1, 0.15) is 0 Å². The molecule has 1 amide bonds. The maximum Gasteiger partial charge on any atom is 0.254 e. The number of carbonyl (C=O) groups is 1. The molecule has 1 heterocycles. The summed E-state index contributed by atoms with van der Waals surface area (Å²) in [5.41, 5.74) is 0.369. The molecule has 0 saturated carbocycles. The molecule has 1 aliphatic heterocycles. The molecule has 1 aromatic rings. The molecule has 1 saturated heterocycles. The zero-order valence-electron chi connectivity index (χ0n) is 9.59. The van der Waals surface area contributed by atoms with Crippen molar-refractivity contribution >= 4 is 5.91 Å². The van der Waals surface area contributed by atoms with Crippen LogP contribution in [0.15, 0.2) is 18.2 Å². The summed E-state index contributed by atoms with van der Waals surface area (Å²) in [6, 6.07) is 4.11. The number of nitrogens with zero attached hydrogens (tertiary/aromatic N) is 1. The molecule has 1 unspecified atom stereocenters. The maximum absolute atomic E-state index is 12.2. The van der Waals surface area contributed by atoms with E-state index in [2.05, 4.69) is 0 Å². The Balaban J connectivity index is 2.21. The van der Waals surface area contributed by atoms with Crippen molar-refractivity contribution in [2.24, 2.45) is 0 Å². The predicted molar refractivity (Wildman–Crippen MR) is 61.1 cm³/mol. The van der Waals surface area contributed by atoms with Crippen molar-refractivity contribution in [2.75, 3.05) is 19.8 Å². The largest absolute Gasteiger partial charge is 0.504 e. The van der Waals surface area contributed by atoms with Gasteiger partial charge in [0.2, 0.25) is 0 Å². The number of aromatic hydroxyl groups is 2. The van der Waals surface area contributed by atoms with E-state index in [4.69, 9.17) is 4.74 Å². The van der Waals surface area contributed by atoms with E-state index in [1.54, 1.807) is 4.90 Å². The van der Waals surface area contributed by atoms with E-state index in [-0.39, 0.29) is 23.4 Å². The predicted octanol–water partition coefficient (Wildman–Crippen LogP) is 0.959. The number of ether oxygens (including phenoxy) is 1. The smallest absolute Gasteiger partial charge is 0.254 e. The lowest BCUT2D eigenvalue weighted by Crippen LogP contribution is -2.47. The van der Waals surface area contributed by atoms with Crippen molar-refractivity contribution in [3.05, 3.63) is 23.8 Å². The van der Waals surface area contributed by atoms with Crippen molar-refractivity contribution in [2.45, 2.75) is 13.0 Å². The van der Waals surface area contributed by atoms with Gasteiger partial charge < -0.3 is 19.8 Å². The number of hydrogen-bond donors (Lipinski definition) is 2. The molecule has 0 aromatic heterocycles. The fraction of sp³-hybridized carbons (Fsp3) is 0.417. The second-order valence-corrected chi connectivity index (χ2v) is 4.13. The zero-order chi connectivity index (χ0) is 12.4. The lowest BCUT2D eigenvalue weighted by molar-refractivity contribution is 0.00358. The van der Waals surface area contributed by atoms with Crippen LogP contribution < -0.4 is 0 Å². The van der Waals surface area contributed by atoms with Crippen LogP contribution >= 0.6 is 0 Å². The van der Waals surface area contributed by atoms with E-state index in [1.165, 1.54) is 18.2 Å². The van der Waals surface area contributed by atoms with E-state index in [0.717, 1.165) is 0 Å². The molecule has 1 atom stereocenters. The topological polar surface area (TPSA) is 70.0 Å². The van der Waals surface area contributed by atoms with E-state index in [1.807, 2.05) is 6.92 Å². The molecular formula is C12H15NO4. The lowest BCUT2D eigenvalue weighted by atomic mass is 10.1. The van der Waals surface area contributed by atoms with Crippen molar-refractivity contribution in [1.82, 2.24) is 4.90 Å². The van der Waals surface area contributed by atoms with Crippen LogP contribution in [0.3, 0.4) is 0 Å². The minimum atomic E-state index is -0.281. The molecule has 1 fully saturated rings. The van der Waals surface area contributed by atoms with E-state index < -0.39 is 0 Å². The highest BCUT2D eigenvalue weighted by molar-refractivity contribution is 5.95. The SMILES string of the molecule is CC1COCCN1C(=O)c1ccc(O)c(O)c1. The Kier molecular flexibility index (Phi) is 3.19. The molecule has 2 rings (SSSR count). The van der Waals surface area contributed by atoms with Gasteiger partial charge in [-0.25, -0.2) is 0 Å². The summed E-state index contributed by atoms with van der Waals surface area (Å²) in [5, 5.41) is 18.6. The van der Waals surface area contributed by atoms with Gasteiger partial charge in [0.15, 0.2) is 11.5 Å². The van der Waals surface area contributed by atoms with Crippen molar-refractivity contribution in [3.8, 4) is 11.5 Å². The number of hydrogen-bond acceptors (Lipinski definition) is 4. The Labute approximate surface area is 99.2 Å². The summed E-state index contributed by atoms with van der Waals surface area (Å²) in [7, 11) is 0. The molecule has 0 aliphatic carbocycles. The number of phenolic OH excluding ortho intramolecular Hbond substituents is 2. The second-order valence-electron chi connectivity index (χ2n) is 4.13. The van der Waals surface area contributed by atoms with Crippen molar-refractivity contribution < 1.29 is 19.7 Å². The van der Waals surface area contributed by atoms with Crippen LogP contribution in [-0.2, 0) is 4.74 Å². The number of phenols is 2. The van der Waals surface area contributed by atoms with Gasteiger partial charge in [-0.2, -0.15) is 0 Å². The highest BCUT2D eigenvalue weighted by Crippen LogP contribution is 2.26. The standard InChI is InChI=1S/C12H15NO4/c1-8-7-17-5-4-13(8)12(16)9-2-3-10(14)11(15)6-9/h2-3,6,8,14-15H,4-5,7H2,1H3.